The summed E-state index contributed by atoms with van der Waals surface area (Å²) >= 11 is 0. The van der Waals surface area contributed by atoms with Gasteiger partial charge in [-0.05, 0) is 31.2 Å². The molecule has 0 saturated heterocycles. The number of fused-ring (bicyclic) bond motifs is 1. The fourth-order valence-electron chi connectivity index (χ4n) is 2.52. The molecule has 0 aliphatic carbocycles. The van der Waals surface area contributed by atoms with E-state index in [0.717, 1.165) is 16.9 Å². The monoisotopic (exact) mass is 310 g/mol. The Morgan fingerprint density at radius 2 is 1.74 bits per heavy atom. The van der Waals surface area contributed by atoms with Gasteiger partial charge in [0.2, 0.25) is 5.91 Å². The first-order valence-corrected chi connectivity index (χ1v) is 7.41. The van der Waals surface area contributed by atoms with Crippen LogP contribution >= 0.6 is 0 Å². The number of hydrogen-bond acceptors (Lipinski definition) is 3. The molecule has 0 atom stereocenters. The number of hydrogen-bond donors (Lipinski definition) is 0. The molecule has 0 unspecified atom stereocenters. The van der Waals surface area contributed by atoms with Crippen LogP contribution in [0.15, 0.2) is 48.5 Å². The lowest BCUT2D eigenvalue weighted by atomic mass is 10.1. The first-order valence-electron chi connectivity index (χ1n) is 7.41. The molecule has 23 heavy (non-hydrogen) atoms. The Balaban J connectivity index is 1.76. The van der Waals surface area contributed by atoms with Crippen LogP contribution in [-0.2, 0) is 9.59 Å². The zero-order valence-electron chi connectivity index (χ0n) is 13.2. The Kier molecular flexibility index (Phi) is 4.02. The van der Waals surface area contributed by atoms with Crippen LogP contribution in [0, 0.1) is 6.92 Å². The van der Waals surface area contributed by atoms with E-state index < -0.39 is 0 Å². The van der Waals surface area contributed by atoms with Crippen LogP contribution in [0.2, 0.25) is 0 Å². The molecule has 5 heteroatoms. The van der Waals surface area contributed by atoms with Crippen LogP contribution in [0.25, 0.3) is 0 Å². The Bertz CT molecular complexity index is 740. The predicted octanol–water partition coefficient (Wildman–Crippen LogP) is 2.38. The molecule has 0 aromatic heterocycles. The van der Waals surface area contributed by atoms with E-state index in [2.05, 4.69) is 0 Å². The molecular formula is C18H18N2O3. The molecule has 0 bridgehead atoms. The van der Waals surface area contributed by atoms with Gasteiger partial charge in [0.05, 0.1) is 11.4 Å². The van der Waals surface area contributed by atoms with Crippen molar-refractivity contribution in [1.82, 2.24) is 0 Å². The highest BCUT2D eigenvalue weighted by Crippen LogP contribution is 2.32. The number of carbonyl (C=O) groups is 2. The van der Waals surface area contributed by atoms with Crippen LogP contribution in [-0.4, -0.2) is 32.0 Å². The highest BCUT2D eigenvalue weighted by atomic mass is 16.5. The largest absolute Gasteiger partial charge is 0.484 e. The van der Waals surface area contributed by atoms with E-state index in [1.54, 1.807) is 11.9 Å². The molecule has 0 spiro atoms. The van der Waals surface area contributed by atoms with Crippen LogP contribution < -0.4 is 14.5 Å². The Morgan fingerprint density at radius 3 is 2.43 bits per heavy atom. The third-order valence-electron chi connectivity index (χ3n) is 3.89. The van der Waals surface area contributed by atoms with Crippen LogP contribution in [0.5, 0.6) is 5.75 Å². The molecule has 1 aliphatic heterocycles. The van der Waals surface area contributed by atoms with E-state index in [1.807, 2.05) is 55.5 Å². The van der Waals surface area contributed by atoms with Gasteiger partial charge in [-0.1, -0.05) is 29.8 Å². The van der Waals surface area contributed by atoms with Crippen molar-refractivity contribution in [2.24, 2.45) is 0 Å². The van der Waals surface area contributed by atoms with E-state index in [4.69, 9.17) is 4.74 Å². The molecule has 0 saturated carbocycles. The average Bonchev–Trinajstić information content (AvgIpc) is 2.57. The van der Waals surface area contributed by atoms with E-state index >= 15 is 0 Å². The molecule has 1 heterocycles. The molecule has 2 aromatic rings. The number of aryl methyl sites for hydroxylation is 1. The number of benzene rings is 2. The van der Waals surface area contributed by atoms with Crippen LogP contribution in [0.3, 0.4) is 0 Å². The van der Waals surface area contributed by atoms with Crippen molar-refractivity contribution in [3.05, 3.63) is 54.1 Å². The Hall–Kier alpha value is -2.82. The zero-order chi connectivity index (χ0) is 16.4. The van der Waals surface area contributed by atoms with Crippen molar-refractivity contribution in [1.29, 1.82) is 0 Å². The normalized spacial score (nSPS) is 13.7. The molecule has 0 N–H and O–H groups in total. The fraction of sp³-hybridized carbons (Fsp3) is 0.222. The van der Waals surface area contributed by atoms with Gasteiger partial charge in [0.15, 0.2) is 6.61 Å². The predicted molar refractivity (Wildman–Crippen MR) is 88.9 cm³/mol. The van der Waals surface area contributed by atoms with Gasteiger partial charge in [0, 0.05) is 7.05 Å². The van der Waals surface area contributed by atoms with E-state index in [9.17, 15) is 9.59 Å². The molecule has 1 aliphatic rings. The number of nitrogens with zero attached hydrogens (tertiary/aromatic N) is 2. The number of ether oxygens (including phenoxy) is 1. The summed E-state index contributed by atoms with van der Waals surface area (Å²) in [5, 5.41) is 0. The Morgan fingerprint density at radius 1 is 1.09 bits per heavy atom. The number of anilines is 2. The van der Waals surface area contributed by atoms with Crippen molar-refractivity contribution in [3.8, 4) is 5.75 Å². The van der Waals surface area contributed by atoms with Gasteiger partial charge in [0.1, 0.15) is 12.3 Å². The highest BCUT2D eigenvalue weighted by molar-refractivity contribution is 6.11. The number of carbonyl (C=O) groups excluding carboxylic acids is 2. The van der Waals surface area contributed by atoms with Gasteiger partial charge < -0.3 is 9.64 Å². The quantitative estimate of drug-likeness (QED) is 0.874. The fourth-order valence-corrected chi connectivity index (χ4v) is 2.52. The maximum atomic E-state index is 12.5. The molecule has 118 valence electrons. The summed E-state index contributed by atoms with van der Waals surface area (Å²) in [5.74, 6) is 0.282. The third kappa shape index (κ3) is 3.04. The number of amides is 2. The average molecular weight is 310 g/mol. The zero-order valence-corrected chi connectivity index (χ0v) is 13.2. The molecular weight excluding hydrogens is 292 g/mol. The first kappa shape index (κ1) is 15.1. The van der Waals surface area contributed by atoms with Crippen molar-refractivity contribution < 1.29 is 14.3 Å². The highest BCUT2D eigenvalue weighted by Gasteiger charge is 2.30. The second-order valence-corrected chi connectivity index (χ2v) is 5.52. The molecule has 3 rings (SSSR count). The van der Waals surface area contributed by atoms with E-state index in [0.29, 0.717) is 5.75 Å². The number of para-hydroxylation sites is 2. The number of likely N-dealkylation sites (N-methyl/N-ethyl adjacent to an activating group) is 1. The minimum atomic E-state index is -0.237. The molecule has 2 amide bonds. The first-order chi connectivity index (χ1) is 11.1. The maximum absolute atomic E-state index is 12.5. The molecule has 0 fully saturated rings. The lowest BCUT2D eigenvalue weighted by Crippen LogP contribution is -2.48. The van der Waals surface area contributed by atoms with E-state index in [-0.39, 0.29) is 25.0 Å². The topological polar surface area (TPSA) is 49.9 Å². The summed E-state index contributed by atoms with van der Waals surface area (Å²) in [6.45, 7) is 1.92. The smallest absolute Gasteiger partial charge is 0.265 e. The summed E-state index contributed by atoms with van der Waals surface area (Å²) in [7, 11) is 1.71. The van der Waals surface area contributed by atoms with Crippen molar-refractivity contribution in [2.75, 3.05) is 30.0 Å². The van der Waals surface area contributed by atoms with Crippen LogP contribution in [0.1, 0.15) is 5.56 Å². The van der Waals surface area contributed by atoms with Crippen molar-refractivity contribution in [3.63, 3.8) is 0 Å². The van der Waals surface area contributed by atoms with Gasteiger partial charge in [-0.15, -0.1) is 0 Å². The van der Waals surface area contributed by atoms with Crippen molar-refractivity contribution >= 4 is 23.2 Å². The molecule has 0 radical (unpaired) electrons. The minimum Gasteiger partial charge on any atom is -0.484 e. The van der Waals surface area contributed by atoms with Crippen molar-refractivity contribution in [2.45, 2.75) is 6.92 Å². The lowest BCUT2D eigenvalue weighted by Gasteiger charge is -2.33. The van der Waals surface area contributed by atoms with Gasteiger partial charge in [-0.3, -0.25) is 14.5 Å². The minimum absolute atomic E-state index is 0.0314. The summed E-state index contributed by atoms with van der Waals surface area (Å²) in [6.07, 6.45) is 0. The van der Waals surface area contributed by atoms with Gasteiger partial charge in [-0.2, -0.15) is 0 Å². The second kappa shape index (κ2) is 6.12. The summed E-state index contributed by atoms with van der Waals surface area (Å²) in [4.78, 5) is 27.6. The van der Waals surface area contributed by atoms with Gasteiger partial charge in [-0.25, -0.2) is 0 Å². The summed E-state index contributed by atoms with van der Waals surface area (Å²) in [6, 6.07) is 14.9. The third-order valence-corrected chi connectivity index (χ3v) is 3.89. The molecule has 2 aromatic carbocycles. The Labute approximate surface area is 135 Å². The van der Waals surface area contributed by atoms with Gasteiger partial charge in [0.25, 0.3) is 5.91 Å². The number of rotatable bonds is 3. The summed E-state index contributed by atoms with van der Waals surface area (Å²) < 4.78 is 5.54. The lowest BCUT2D eigenvalue weighted by molar-refractivity contribution is -0.124. The maximum Gasteiger partial charge on any atom is 0.265 e. The second-order valence-electron chi connectivity index (χ2n) is 5.52. The van der Waals surface area contributed by atoms with E-state index in [1.165, 1.54) is 4.90 Å². The SMILES string of the molecule is Cc1ccc(OCC(=O)N2CC(=O)N(C)c3ccccc32)cc1. The van der Waals surface area contributed by atoms with Gasteiger partial charge >= 0.3 is 0 Å². The standard InChI is InChI=1S/C18H18N2O3/c1-13-7-9-14(10-8-13)23-12-18(22)20-11-17(21)19(2)15-5-3-4-6-16(15)20/h3-10H,11-12H2,1-2H3. The van der Waals surface area contributed by atoms with Crippen LogP contribution in [0.4, 0.5) is 11.4 Å². The summed E-state index contributed by atoms with van der Waals surface area (Å²) in [5.41, 5.74) is 2.59. The molecule has 5 nitrogen and oxygen atoms in total.